The van der Waals surface area contributed by atoms with E-state index in [9.17, 15) is 0 Å². The molecule has 0 aliphatic rings. The van der Waals surface area contributed by atoms with E-state index < -0.39 is 0 Å². The van der Waals surface area contributed by atoms with Gasteiger partial charge in [0, 0.05) is 0 Å². The molecular formula is C3H6I2Na2. The molecule has 4 heteroatoms. The molecule has 0 unspecified atom stereocenters. The van der Waals surface area contributed by atoms with Crippen LogP contribution in [0.1, 0.15) is 6.92 Å². The van der Waals surface area contributed by atoms with Crippen molar-refractivity contribution in [3.63, 3.8) is 0 Å². The first-order valence-electron chi connectivity index (χ1n) is 0.986. The van der Waals surface area contributed by atoms with Gasteiger partial charge in [-0.2, -0.15) is 0 Å². The van der Waals surface area contributed by atoms with Crippen LogP contribution in [0.4, 0.5) is 0 Å². The summed E-state index contributed by atoms with van der Waals surface area (Å²) in [4.78, 5) is 0. The molecule has 0 saturated heterocycles. The Hall–Kier alpha value is 3.20. The maximum atomic E-state index is 3.36. The second kappa shape index (κ2) is 35.1. The van der Waals surface area contributed by atoms with Gasteiger partial charge in [-0.05, 0) is 6.92 Å². The Morgan fingerprint density at radius 3 is 1.14 bits per heavy atom. The third-order valence-corrected chi connectivity index (χ3v) is 0. The summed E-state index contributed by atoms with van der Waals surface area (Å²) >= 11 is 0. The van der Waals surface area contributed by atoms with E-state index in [4.69, 9.17) is 0 Å². The van der Waals surface area contributed by atoms with Crippen LogP contribution in [0.5, 0.6) is 0 Å². The van der Waals surface area contributed by atoms with Gasteiger partial charge in [-0.25, -0.2) is 0 Å². The quantitative estimate of drug-likeness (QED) is 0.233. The summed E-state index contributed by atoms with van der Waals surface area (Å²) in [5.41, 5.74) is 0. The van der Waals surface area contributed by atoms with Gasteiger partial charge in [0.1, 0.15) is 0 Å². The third-order valence-electron chi connectivity index (χ3n) is 0. The van der Waals surface area contributed by atoms with E-state index in [1.54, 1.807) is 6.08 Å². The predicted octanol–water partition coefficient (Wildman–Crippen LogP) is -10.8. The number of rotatable bonds is 0. The summed E-state index contributed by atoms with van der Waals surface area (Å²) in [6, 6.07) is 0. The normalized spacial score (nSPS) is 1.86. The summed E-state index contributed by atoms with van der Waals surface area (Å²) in [5, 5.41) is 0. The monoisotopic (exact) mass is 342 g/mol. The van der Waals surface area contributed by atoms with Crippen LogP contribution >= 0.6 is 0 Å². The Kier molecular flexibility index (Phi) is 160. The number of hydrogen-bond acceptors (Lipinski definition) is 0. The largest absolute Gasteiger partial charge is 1.00 e. The molecule has 0 rings (SSSR count). The first kappa shape index (κ1) is 31.9. The van der Waals surface area contributed by atoms with Crippen molar-refractivity contribution < 1.29 is 107 Å². The first-order valence-corrected chi connectivity index (χ1v) is 0.986. The van der Waals surface area contributed by atoms with Crippen molar-refractivity contribution >= 4 is 0 Å². The van der Waals surface area contributed by atoms with Crippen LogP contribution < -0.4 is 107 Å². The SMILES string of the molecule is C=CC.[I-].[I-].[Na+].[Na+]. The smallest absolute Gasteiger partial charge is 1.00 e. The Morgan fingerprint density at radius 2 is 1.14 bits per heavy atom. The second-order valence-electron chi connectivity index (χ2n) is 0.408. The molecule has 0 aromatic rings. The zero-order valence-corrected chi connectivity index (χ0v) is 13.4. The molecule has 0 amide bonds. The van der Waals surface area contributed by atoms with Gasteiger partial charge in [0.05, 0.1) is 0 Å². The van der Waals surface area contributed by atoms with Gasteiger partial charge in [0.15, 0.2) is 0 Å². The van der Waals surface area contributed by atoms with Crippen molar-refractivity contribution in [3.05, 3.63) is 12.7 Å². The molecule has 0 fully saturated rings. The molecule has 0 aromatic heterocycles. The van der Waals surface area contributed by atoms with Gasteiger partial charge in [0.25, 0.3) is 0 Å². The molecule has 0 nitrogen and oxygen atoms in total. The Balaban J connectivity index is -0.00000000333. The van der Waals surface area contributed by atoms with Gasteiger partial charge < -0.3 is 48.0 Å². The Labute approximate surface area is 124 Å². The standard InChI is InChI=1S/C3H6.2HI.2Na/c1-3-2;;;;/h3H,1H2,2H3;2*1H;;/q;;;2*+1/p-2. The van der Waals surface area contributed by atoms with Gasteiger partial charge in [-0.3, -0.25) is 0 Å². The van der Waals surface area contributed by atoms with Crippen molar-refractivity contribution in [2.45, 2.75) is 6.92 Å². The van der Waals surface area contributed by atoms with E-state index in [0.29, 0.717) is 0 Å². The summed E-state index contributed by atoms with van der Waals surface area (Å²) in [6.45, 7) is 5.25. The fraction of sp³-hybridized carbons (Fsp3) is 0.333. The van der Waals surface area contributed by atoms with Crippen LogP contribution in [-0.4, -0.2) is 0 Å². The molecule has 0 heterocycles. The zero-order chi connectivity index (χ0) is 2.71. The van der Waals surface area contributed by atoms with Gasteiger partial charge >= 0.3 is 59.1 Å². The maximum Gasteiger partial charge on any atom is 1.00 e. The molecule has 0 aliphatic carbocycles. The summed E-state index contributed by atoms with van der Waals surface area (Å²) in [5.74, 6) is 0. The fourth-order valence-corrected chi connectivity index (χ4v) is 0. The molecular weight excluding hydrogens is 336 g/mol. The van der Waals surface area contributed by atoms with Crippen LogP contribution in [0, 0.1) is 0 Å². The Morgan fingerprint density at radius 1 is 1.14 bits per heavy atom. The predicted molar refractivity (Wildman–Crippen MR) is 15.9 cm³/mol. The van der Waals surface area contributed by atoms with E-state index in [2.05, 4.69) is 6.58 Å². The number of halogens is 2. The van der Waals surface area contributed by atoms with Crippen molar-refractivity contribution in [1.29, 1.82) is 0 Å². The van der Waals surface area contributed by atoms with Gasteiger partial charge in [-0.1, -0.05) is 6.08 Å². The van der Waals surface area contributed by atoms with Crippen molar-refractivity contribution in [2.75, 3.05) is 0 Å². The minimum absolute atomic E-state index is 0. The number of hydrogen-bond donors (Lipinski definition) is 0. The Bertz CT molecular complexity index is 18.4. The van der Waals surface area contributed by atoms with E-state index in [1.807, 2.05) is 6.92 Å². The van der Waals surface area contributed by atoms with Gasteiger partial charge in [0.2, 0.25) is 0 Å². The van der Waals surface area contributed by atoms with E-state index in [0.717, 1.165) is 0 Å². The summed E-state index contributed by atoms with van der Waals surface area (Å²) < 4.78 is 0. The van der Waals surface area contributed by atoms with E-state index >= 15 is 0 Å². The third kappa shape index (κ3) is 46.6. The molecule has 34 valence electrons. The van der Waals surface area contributed by atoms with Crippen molar-refractivity contribution in [3.8, 4) is 0 Å². The number of allylic oxidation sites excluding steroid dienone is 1. The topological polar surface area (TPSA) is 0 Å². The molecule has 0 spiro atoms. The first-order chi connectivity index (χ1) is 1.41. The van der Waals surface area contributed by atoms with Crippen LogP contribution in [-0.2, 0) is 0 Å². The maximum absolute atomic E-state index is 3.36. The molecule has 7 heavy (non-hydrogen) atoms. The van der Waals surface area contributed by atoms with E-state index in [1.165, 1.54) is 0 Å². The van der Waals surface area contributed by atoms with Crippen LogP contribution in [0.3, 0.4) is 0 Å². The second-order valence-corrected chi connectivity index (χ2v) is 0.408. The summed E-state index contributed by atoms with van der Waals surface area (Å²) in [6.07, 6.45) is 1.75. The van der Waals surface area contributed by atoms with Crippen molar-refractivity contribution in [2.24, 2.45) is 0 Å². The average molecular weight is 342 g/mol. The molecule has 0 radical (unpaired) electrons. The molecule has 0 N–H and O–H groups in total. The van der Waals surface area contributed by atoms with Crippen molar-refractivity contribution in [1.82, 2.24) is 0 Å². The van der Waals surface area contributed by atoms with Crippen LogP contribution in [0.2, 0.25) is 0 Å². The molecule has 0 atom stereocenters. The summed E-state index contributed by atoms with van der Waals surface area (Å²) in [7, 11) is 0. The van der Waals surface area contributed by atoms with Gasteiger partial charge in [-0.15, -0.1) is 6.58 Å². The fourth-order valence-electron chi connectivity index (χ4n) is 0. The zero-order valence-electron chi connectivity index (χ0n) is 5.04. The van der Waals surface area contributed by atoms with Crippen LogP contribution in [0.25, 0.3) is 0 Å². The minimum atomic E-state index is 0. The molecule has 0 saturated carbocycles. The van der Waals surface area contributed by atoms with E-state index in [-0.39, 0.29) is 107 Å². The molecule has 0 bridgehead atoms. The minimum Gasteiger partial charge on any atom is -1.00 e. The average Bonchev–Trinajstić information content (AvgIpc) is 0.918. The van der Waals surface area contributed by atoms with Crippen LogP contribution in [0.15, 0.2) is 12.7 Å². The molecule has 0 aromatic carbocycles. The molecule has 0 aliphatic heterocycles.